The van der Waals surface area contributed by atoms with Crippen molar-refractivity contribution >= 4 is 45.4 Å². The molecule has 0 aliphatic rings. The molecule has 1 aromatic heterocycles. The summed E-state index contributed by atoms with van der Waals surface area (Å²) in [5.41, 5.74) is 5.90. The number of thiazole rings is 1. The van der Waals surface area contributed by atoms with Crippen LogP contribution in [0.1, 0.15) is 21.5 Å². The van der Waals surface area contributed by atoms with Gasteiger partial charge in [0.1, 0.15) is 0 Å². The third kappa shape index (κ3) is 5.49. The van der Waals surface area contributed by atoms with Crippen molar-refractivity contribution in [2.45, 2.75) is 10.1 Å². The topological polar surface area (TPSA) is 82.0 Å². The number of nitrogens with zero attached hydrogens (tertiary/aromatic N) is 2. The maximum atomic E-state index is 12.5. The van der Waals surface area contributed by atoms with Crippen LogP contribution in [0, 0.1) is 0 Å². The number of hydrazone groups is 1. The molecule has 0 aliphatic carbocycles. The first-order valence-corrected chi connectivity index (χ1v) is 12.1. The van der Waals surface area contributed by atoms with Gasteiger partial charge in [-0.2, -0.15) is 5.10 Å². The van der Waals surface area contributed by atoms with E-state index in [9.17, 15) is 4.79 Å². The number of para-hydroxylation sites is 1. The fourth-order valence-corrected chi connectivity index (χ4v) is 5.24. The monoisotopic (exact) mass is 493 g/mol. The van der Waals surface area contributed by atoms with Gasteiger partial charge in [0.15, 0.2) is 15.8 Å². The lowest BCUT2D eigenvalue weighted by atomic mass is 10.1. The number of carbonyl (C=O) groups excluding carboxylic acids is 1. The third-order valence-electron chi connectivity index (χ3n) is 4.92. The van der Waals surface area contributed by atoms with E-state index < -0.39 is 0 Å². The Labute approximate surface area is 205 Å². The predicted molar refractivity (Wildman–Crippen MR) is 137 cm³/mol. The van der Waals surface area contributed by atoms with Crippen molar-refractivity contribution in [2.75, 3.05) is 21.3 Å². The molecule has 4 rings (SSSR count). The maximum Gasteiger partial charge on any atom is 0.271 e. The second-order valence-corrected chi connectivity index (χ2v) is 9.34. The lowest BCUT2D eigenvalue weighted by molar-refractivity contribution is 0.0955. The number of rotatable bonds is 9. The molecule has 0 fully saturated rings. The first-order chi connectivity index (χ1) is 16.6. The summed E-state index contributed by atoms with van der Waals surface area (Å²) in [7, 11) is 4.63. The summed E-state index contributed by atoms with van der Waals surface area (Å²) in [6.45, 7) is 0. The van der Waals surface area contributed by atoms with Gasteiger partial charge in [0.05, 0.1) is 37.8 Å². The van der Waals surface area contributed by atoms with Crippen molar-refractivity contribution < 1.29 is 19.0 Å². The van der Waals surface area contributed by atoms with E-state index in [4.69, 9.17) is 14.2 Å². The molecule has 1 amide bonds. The van der Waals surface area contributed by atoms with Crippen LogP contribution >= 0.6 is 23.1 Å². The van der Waals surface area contributed by atoms with Crippen molar-refractivity contribution in [3.8, 4) is 17.2 Å². The molecule has 0 saturated carbocycles. The molecule has 0 saturated heterocycles. The summed E-state index contributed by atoms with van der Waals surface area (Å²) >= 11 is 3.37. The first-order valence-electron chi connectivity index (χ1n) is 10.3. The predicted octanol–water partition coefficient (Wildman–Crippen LogP) is 5.38. The van der Waals surface area contributed by atoms with Crippen LogP contribution in [0.4, 0.5) is 0 Å². The van der Waals surface area contributed by atoms with Crippen LogP contribution in [0.25, 0.3) is 10.2 Å². The van der Waals surface area contributed by atoms with Gasteiger partial charge in [-0.3, -0.25) is 4.79 Å². The zero-order chi connectivity index (χ0) is 23.9. The Morgan fingerprint density at radius 1 is 1.03 bits per heavy atom. The van der Waals surface area contributed by atoms with E-state index in [1.54, 1.807) is 68.7 Å². The van der Waals surface area contributed by atoms with Gasteiger partial charge < -0.3 is 14.2 Å². The highest BCUT2D eigenvalue weighted by Gasteiger charge is 2.12. The average molecular weight is 494 g/mol. The molecule has 0 atom stereocenters. The van der Waals surface area contributed by atoms with E-state index in [-0.39, 0.29) is 5.91 Å². The molecule has 4 aromatic rings. The van der Waals surface area contributed by atoms with E-state index in [2.05, 4.69) is 21.6 Å². The van der Waals surface area contributed by atoms with Crippen LogP contribution in [0.5, 0.6) is 17.2 Å². The molecular weight excluding hydrogens is 470 g/mol. The number of hydrogen-bond acceptors (Lipinski definition) is 8. The minimum Gasteiger partial charge on any atom is -0.493 e. The van der Waals surface area contributed by atoms with E-state index in [0.717, 1.165) is 21.2 Å². The highest BCUT2D eigenvalue weighted by molar-refractivity contribution is 8.00. The van der Waals surface area contributed by atoms with E-state index in [1.807, 2.05) is 30.3 Å². The molecule has 34 heavy (non-hydrogen) atoms. The molecule has 7 nitrogen and oxygen atoms in total. The molecule has 0 bridgehead atoms. The third-order valence-corrected chi connectivity index (χ3v) is 7.17. The van der Waals surface area contributed by atoms with Gasteiger partial charge >= 0.3 is 0 Å². The largest absolute Gasteiger partial charge is 0.493 e. The van der Waals surface area contributed by atoms with Gasteiger partial charge in [-0.05, 0) is 42.0 Å². The minimum atomic E-state index is -0.297. The van der Waals surface area contributed by atoms with Crippen LogP contribution in [-0.4, -0.2) is 38.4 Å². The van der Waals surface area contributed by atoms with Gasteiger partial charge in [-0.25, -0.2) is 10.4 Å². The van der Waals surface area contributed by atoms with Gasteiger partial charge in [0, 0.05) is 16.9 Å². The number of carbonyl (C=O) groups is 1. The van der Waals surface area contributed by atoms with E-state index in [1.165, 1.54) is 10.9 Å². The number of benzene rings is 3. The summed E-state index contributed by atoms with van der Waals surface area (Å²) in [4.78, 5) is 17.1. The van der Waals surface area contributed by atoms with Crippen LogP contribution < -0.4 is 19.6 Å². The van der Waals surface area contributed by atoms with Crippen molar-refractivity contribution in [1.82, 2.24) is 10.4 Å². The normalized spacial score (nSPS) is 11.0. The lowest BCUT2D eigenvalue weighted by Gasteiger charge is -2.12. The summed E-state index contributed by atoms with van der Waals surface area (Å²) in [6.07, 6.45) is 1.52. The van der Waals surface area contributed by atoms with E-state index >= 15 is 0 Å². The molecule has 9 heteroatoms. The molecule has 174 valence electrons. The fourth-order valence-electron chi connectivity index (χ4n) is 3.22. The molecule has 1 heterocycles. The highest BCUT2D eigenvalue weighted by atomic mass is 32.2. The zero-order valence-electron chi connectivity index (χ0n) is 18.9. The Bertz CT molecular complexity index is 1260. The van der Waals surface area contributed by atoms with Crippen molar-refractivity contribution in [1.29, 1.82) is 0 Å². The number of nitrogens with one attached hydrogen (secondary N) is 1. The molecule has 0 spiro atoms. The smallest absolute Gasteiger partial charge is 0.271 e. The maximum absolute atomic E-state index is 12.5. The molecule has 0 radical (unpaired) electrons. The van der Waals surface area contributed by atoms with Crippen LogP contribution in [-0.2, 0) is 5.75 Å². The number of aromatic nitrogens is 1. The standard InChI is InChI=1S/C25H23N3O4S2/c1-30-20-12-17(13-21(31-2)23(20)32-3)14-26-28-24(29)18-10-8-16(9-11-18)15-33-25-27-19-6-4-5-7-22(19)34-25/h4-14H,15H2,1-3H3,(H,28,29)/b26-14+. The molecule has 3 aromatic carbocycles. The summed E-state index contributed by atoms with van der Waals surface area (Å²) < 4.78 is 18.2. The van der Waals surface area contributed by atoms with Gasteiger partial charge in [-0.1, -0.05) is 36.0 Å². The number of hydrogen-bond donors (Lipinski definition) is 1. The average Bonchev–Trinajstić information content (AvgIpc) is 3.30. The van der Waals surface area contributed by atoms with Crippen molar-refractivity contribution in [3.63, 3.8) is 0 Å². The highest BCUT2D eigenvalue weighted by Crippen LogP contribution is 2.37. The Morgan fingerprint density at radius 2 is 1.74 bits per heavy atom. The molecule has 1 N–H and O–H groups in total. The second-order valence-electron chi connectivity index (χ2n) is 7.09. The van der Waals surface area contributed by atoms with Crippen molar-refractivity contribution in [2.24, 2.45) is 5.10 Å². The van der Waals surface area contributed by atoms with Gasteiger partial charge in [-0.15, -0.1) is 11.3 Å². The number of fused-ring (bicyclic) bond motifs is 1. The molecule has 0 aliphatic heterocycles. The van der Waals surface area contributed by atoms with Crippen molar-refractivity contribution in [3.05, 3.63) is 77.4 Å². The zero-order valence-corrected chi connectivity index (χ0v) is 20.5. The summed E-state index contributed by atoms with van der Waals surface area (Å²) in [5.74, 6) is 1.99. The Kier molecular flexibility index (Phi) is 7.66. The first kappa shape index (κ1) is 23.6. The number of thioether (sulfide) groups is 1. The number of amides is 1. The van der Waals surface area contributed by atoms with Crippen LogP contribution in [0.3, 0.4) is 0 Å². The quantitative estimate of drug-likeness (QED) is 0.192. The Morgan fingerprint density at radius 3 is 2.38 bits per heavy atom. The Hall–Kier alpha value is -3.56. The Balaban J connectivity index is 1.35. The SMILES string of the molecule is COc1cc(/C=N/NC(=O)c2ccc(CSc3nc4ccccc4s3)cc2)cc(OC)c1OC. The van der Waals surface area contributed by atoms with E-state index in [0.29, 0.717) is 28.4 Å². The summed E-state index contributed by atoms with van der Waals surface area (Å²) in [6, 6.07) is 19.1. The summed E-state index contributed by atoms with van der Waals surface area (Å²) in [5, 5.41) is 4.06. The lowest BCUT2D eigenvalue weighted by Crippen LogP contribution is -2.17. The number of ether oxygens (including phenoxy) is 3. The number of methoxy groups -OCH3 is 3. The van der Waals surface area contributed by atoms with Crippen LogP contribution in [0.2, 0.25) is 0 Å². The second kappa shape index (κ2) is 11.0. The van der Waals surface area contributed by atoms with Gasteiger partial charge in [0.2, 0.25) is 5.75 Å². The minimum absolute atomic E-state index is 0.297. The van der Waals surface area contributed by atoms with Crippen LogP contribution in [0.15, 0.2) is 70.1 Å². The molecule has 0 unspecified atom stereocenters. The van der Waals surface area contributed by atoms with Gasteiger partial charge in [0.25, 0.3) is 5.91 Å². The fraction of sp³-hybridized carbons (Fsp3) is 0.160. The molecular formula is C25H23N3O4S2.